The van der Waals surface area contributed by atoms with Crippen LogP contribution >= 0.6 is 12.2 Å². The topological polar surface area (TPSA) is 85.1 Å². The number of hydrogen-bond donors (Lipinski definition) is 2. The fourth-order valence-electron chi connectivity index (χ4n) is 1.80. The molecule has 1 aromatic carbocycles. The first-order valence-corrected chi connectivity index (χ1v) is 7.73. The van der Waals surface area contributed by atoms with Crippen LogP contribution in [0.3, 0.4) is 0 Å². The van der Waals surface area contributed by atoms with Gasteiger partial charge in [-0.3, -0.25) is 9.71 Å². The average Bonchev–Trinajstić information content (AvgIpc) is 2.36. The van der Waals surface area contributed by atoms with E-state index in [9.17, 15) is 12.8 Å². The molecule has 0 atom stereocenters. The number of aromatic nitrogens is 1. The molecule has 21 heavy (non-hydrogen) atoms. The number of halogens is 1. The first kappa shape index (κ1) is 15.3. The Morgan fingerprint density at radius 3 is 2.71 bits per heavy atom. The maximum atomic E-state index is 13.3. The quantitative estimate of drug-likeness (QED) is 0.840. The van der Waals surface area contributed by atoms with Crippen molar-refractivity contribution in [3.8, 4) is 0 Å². The van der Waals surface area contributed by atoms with Crippen LogP contribution in [-0.4, -0.2) is 18.4 Å². The fourth-order valence-corrected chi connectivity index (χ4v) is 3.24. The van der Waals surface area contributed by atoms with Crippen LogP contribution in [0.1, 0.15) is 11.3 Å². The number of nitrogens with two attached hydrogens (primary N) is 1. The number of aryl methyl sites for hydroxylation is 1. The summed E-state index contributed by atoms with van der Waals surface area (Å²) >= 11 is 4.79. The molecule has 0 aliphatic rings. The molecule has 0 aliphatic carbocycles. The fraction of sp³-hybridized carbons (Fsp3) is 0.0769. The SMILES string of the molecule is Cc1cc(F)cc(NS(=O)(=O)c2cccnc2C(N)=S)c1. The van der Waals surface area contributed by atoms with Gasteiger partial charge in [0.05, 0.1) is 5.69 Å². The van der Waals surface area contributed by atoms with Crippen molar-refractivity contribution in [3.63, 3.8) is 0 Å². The van der Waals surface area contributed by atoms with Crippen molar-refractivity contribution < 1.29 is 12.8 Å². The summed E-state index contributed by atoms with van der Waals surface area (Å²) in [7, 11) is -3.97. The summed E-state index contributed by atoms with van der Waals surface area (Å²) in [6.45, 7) is 1.66. The van der Waals surface area contributed by atoms with Crippen LogP contribution < -0.4 is 10.5 Å². The van der Waals surface area contributed by atoms with E-state index in [1.807, 2.05) is 0 Å². The third-order valence-corrected chi connectivity index (χ3v) is 4.19. The van der Waals surface area contributed by atoms with E-state index in [4.69, 9.17) is 18.0 Å². The molecule has 0 fully saturated rings. The molecule has 1 aromatic heterocycles. The molecule has 0 saturated heterocycles. The van der Waals surface area contributed by atoms with Crippen LogP contribution in [0.2, 0.25) is 0 Å². The van der Waals surface area contributed by atoms with Crippen LogP contribution in [0.25, 0.3) is 0 Å². The Labute approximate surface area is 127 Å². The zero-order valence-electron chi connectivity index (χ0n) is 11.0. The minimum Gasteiger partial charge on any atom is -0.388 e. The lowest BCUT2D eigenvalue weighted by molar-refractivity contribution is 0.600. The number of nitrogens with zero attached hydrogens (tertiary/aromatic N) is 1. The molecule has 8 heteroatoms. The molecule has 5 nitrogen and oxygen atoms in total. The Hall–Kier alpha value is -2.06. The molecule has 0 amide bonds. The van der Waals surface area contributed by atoms with E-state index >= 15 is 0 Å². The lowest BCUT2D eigenvalue weighted by Gasteiger charge is -2.11. The van der Waals surface area contributed by atoms with E-state index in [2.05, 4.69) is 9.71 Å². The van der Waals surface area contributed by atoms with Gasteiger partial charge in [-0.15, -0.1) is 0 Å². The van der Waals surface area contributed by atoms with Gasteiger partial charge < -0.3 is 5.73 Å². The largest absolute Gasteiger partial charge is 0.388 e. The maximum absolute atomic E-state index is 13.3. The number of benzene rings is 1. The third kappa shape index (κ3) is 3.53. The normalized spacial score (nSPS) is 11.1. The monoisotopic (exact) mass is 325 g/mol. The lowest BCUT2D eigenvalue weighted by Crippen LogP contribution is -2.21. The predicted octanol–water partition coefficient (Wildman–Crippen LogP) is 1.96. The van der Waals surface area contributed by atoms with Crippen molar-refractivity contribution in [2.24, 2.45) is 5.73 Å². The number of sulfonamides is 1. The first-order chi connectivity index (χ1) is 9.79. The van der Waals surface area contributed by atoms with Crippen molar-refractivity contribution >= 4 is 32.9 Å². The molecule has 0 unspecified atom stereocenters. The minimum absolute atomic E-state index is 0.00637. The molecule has 1 heterocycles. The number of hydrogen-bond acceptors (Lipinski definition) is 4. The Morgan fingerprint density at radius 1 is 1.38 bits per heavy atom. The number of nitrogens with one attached hydrogen (secondary N) is 1. The van der Waals surface area contributed by atoms with E-state index in [0.717, 1.165) is 6.07 Å². The summed E-state index contributed by atoms with van der Waals surface area (Å²) in [5, 5.41) is 0. The van der Waals surface area contributed by atoms with Gasteiger partial charge in [0.25, 0.3) is 10.0 Å². The van der Waals surface area contributed by atoms with Crippen molar-refractivity contribution in [2.45, 2.75) is 11.8 Å². The second-order valence-electron chi connectivity index (χ2n) is 4.34. The Balaban J connectivity index is 2.46. The zero-order valence-corrected chi connectivity index (χ0v) is 12.6. The van der Waals surface area contributed by atoms with Gasteiger partial charge in [0.2, 0.25) is 0 Å². The summed E-state index contributed by atoms with van der Waals surface area (Å²) in [6.07, 6.45) is 1.39. The molecule has 110 valence electrons. The summed E-state index contributed by atoms with van der Waals surface area (Å²) in [5.74, 6) is -0.534. The Kier molecular flexibility index (Phi) is 4.19. The second-order valence-corrected chi connectivity index (χ2v) is 6.43. The minimum atomic E-state index is -3.97. The molecule has 0 aliphatic heterocycles. The number of anilines is 1. The summed E-state index contributed by atoms with van der Waals surface area (Å²) in [4.78, 5) is 3.58. The van der Waals surface area contributed by atoms with Crippen LogP contribution in [0.5, 0.6) is 0 Å². The summed E-state index contributed by atoms with van der Waals surface area (Å²) < 4.78 is 40.3. The van der Waals surface area contributed by atoms with Gasteiger partial charge in [-0.1, -0.05) is 12.2 Å². The van der Waals surface area contributed by atoms with Crippen molar-refractivity contribution in [3.05, 3.63) is 53.6 Å². The molecule has 0 bridgehead atoms. The van der Waals surface area contributed by atoms with E-state index < -0.39 is 15.8 Å². The van der Waals surface area contributed by atoms with Crippen molar-refractivity contribution in [2.75, 3.05) is 4.72 Å². The molecule has 2 rings (SSSR count). The Bertz CT molecular complexity index is 787. The van der Waals surface area contributed by atoms with Gasteiger partial charge in [-0.05, 0) is 42.8 Å². The highest BCUT2D eigenvalue weighted by Crippen LogP contribution is 2.20. The van der Waals surface area contributed by atoms with Crippen LogP contribution in [0, 0.1) is 12.7 Å². The van der Waals surface area contributed by atoms with Gasteiger partial charge in [-0.2, -0.15) is 0 Å². The lowest BCUT2D eigenvalue weighted by atomic mass is 10.2. The first-order valence-electron chi connectivity index (χ1n) is 5.84. The predicted molar refractivity (Wildman–Crippen MR) is 82.1 cm³/mol. The second kappa shape index (κ2) is 5.74. The van der Waals surface area contributed by atoms with Gasteiger partial charge in [0.1, 0.15) is 21.4 Å². The molecular formula is C13H12FN3O2S2. The van der Waals surface area contributed by atoms with E-state index in [1.165, 1.54) is 30.5 Å². The molecule has 0 spiro atoms. The highest BCUT2D eigenvalue weighted by molar-refractivity contribution is 7.93. The van der Waals surface area contributed by atoms with Crippen LogP contribution in [-0.2, 0) is 10.0 Å². The summed E-state index contributed by atoms with van der Waals surface area (Å²) in [5.41, 5.74) is 6.17. The van der Waals surface area contributed by atoms with Crippen LogP contribution in [0.4, 0.5) is 10.1 Å². The molecule has 3 N–H and O–H groups in total. The molecule has 0 radical (unpaired) electrons. The molecule has 0 saturated carbocycles. The van der Waals surface area contributed by atoms with E-state index in [-0.39, 0.29) is 21.3 Å². The third-order valence-electron chi connectivity index (χ3n) is 2.59. The number of pyridine rings is 1. The highest BCUT2D eigenvalue weighted by atomic mass is 32.2. The smallest absolute Gasteiger partial charge is 0.264 e. The summed E-state index contributed by atoms with van der Waals surface area (Å²) in [6, 6.07) is 6.67. The van der Waals surface area contributed by atoms with Gasteiger partial charge in [0.15, 0.2) is 0 Å². The van der Waals surface area contributed by atoms with Crippen molar-refractivity contribution in [1.82, 2.24) is 4.98 Å². The van der Waals surface area contributed by atoms with Gasteiger partial charge in [-0.25, -0.2) is 12.8 Å². The Morgan fingerprint density at radius 2 is 2.10 bits per heavy atom. The number of thiocarbonyl (C=S) groups is 1. The molecule has 2 aromatic rings. The average molecular weight is 325 g/mol. The standard InChI is InChI=1S/C13H12FN3O2S2/c1-8-5-9(14)7-10(6-8)17-21(18,19)11-3-2-4-16-12(11)13(15)20/h2-7,17H,1H3,(H2,15,20). The van der Waals surface area contributed by atoms with Gasteiger partial charge in [0, 0.05) is 6.20 Å². The van der Waals surface area contributed by atoms with Crippen molar-refractivity contribution in [1.29, 1.82) is 0 Å². The number of rotatable bonds is 4. The zero-order chi connectivity index (χ0) is 15.6. The van der Waals surface area contributed by atoms with Crippen LogP contribution in [0.15, 0.2) is 41.4 Å². The molecular weight excluding hydrogens is 313 g/mol. The maximum Gasteiger partial charge on any atom is 0.264 e. The van der Waals surface area contributed by atoms with Gasteiger partial charge >= 0.3 is 0 Å². The highest BCUT2D eigenvalue weighted by Gasteiger charge is 2.21. The van der Waals surface area contributed by atoms with E-state index in [0.29, 0.717) is 5.56 Å². The van der Waals surface area contributed by atoms with E-state index in [1.54, 1.807) is 6.92 Å².